The average Bonchev–Trinajstić information content (AvgIpc) is 3.21. The largest absolute Gasteiger partial charge is 0.465 e. The molecule has 2 aliphatic carbocycles. The quantitative estimate of drug-likeness (QED) is 0.625. The van der Waals surface area contributed by atoms with E-state index in [2.05, 4.69) is 12.2 Å². The molecular formula is C17H31NO2S. The molecule has 1 N–H and O–H groups in total. The molecule has 1 atom stereocenters. The van der Waals surface area contributed by atoms with E-state index in [-0.39, 0.29) is 5.97 Å². The Morgan fingerprint density at radius 3 is 2.52 bits per heavy atom. The van der Waals surface area contributed by atoms with Crippen LogP contribution in [0.15, 0.2) is 0 Å². The zero-order chi connectivity index (χ0) is 15.1. The van der Waals surface area contributed by atoms with E-state index < -0.39 is 5.54 Å². The lowest BCUT2D eigenvalue weighted by molar-refractivity contribution is -0.151. The molecule has 122 valence electrons. The standard InChI is InChI=1S/C17H31NO2S/c1-3-11-18-17(15-9-10-15,16(19)20-4-2)13-21-12-14-7-5-6-8-14/h14-15,18H,3-13H2,1-2H3. The summed E-state index contributed by atoms with van der Waals surface area (Å²) in [5, 5.41) is 3.56. The molecule has 1 unspecified atom stereocenters. The maximum atomic E-state index is 12.6. The van der Waals surface area contributed by atoms with Gasteiger partial charge in [-0.2, -0.15) is 11.8 Å². The van der Waals surface area contributed by atoms with Crippen LogP contribution in [0, 0.1) is 11.8 Å². The molecule has 0 aromatic carbocycles. The van der Waals surface area contributed by atoms with Crippen molar-refractivity contribution in [3.63, 3.8) is 0 Å². The Morgan fingerprint density at radius 2 is 1.95 bits per heavy atom. The maximum Gasteiger partial charge on any atom is 0.327 e. The Bertz CT molecular complexity index is 327. The van der Waals surface area contributed by atoms with Crippen LogP contribution < -0.4 is 5.32 Å². The van der Waals surface area contributed by atoms with E-state index in [1.165, 1.54) is 44.3 Å². The first kappa shape index (κ1) is 17.1. The lowest BCUT2D eigenvalue weighted by Gasteiger charge is -2.33. The summed E-state index contributed by atoms with van der Waals surface area (Å²) < 4.78 is 5.41. The van der Waals surface area contributed by atoms with Crippen LogP contribution in [0.4, 0.5) is 0 Å². The van der Waals surface area contributed by atoms with Gasteiger partial charge in [-0.05, 0) is 63.2 Å². The smallest absolute Gasteiger partial charge is 0.327 e. The average molecular weight is 314 g/mol. The molecule has 2 fully saturated rings. The summed E-state index contributed by atoms with van der Waals surface area (Å²) in [7, 11) is 0. The molecule has 0 aromatic rings. The van der Waals surface area contributed by atoms with Gasteiger partial charge >= 0.3 is 5.97 Å². The molecular weight excluding hydrogens is 282 g/mol. The first-order valence-corrected chi connectivity index (χ1v) is 9.88. The number of hydrogen-bond donors (Lipinski definition) is 1. The molecule has 3 nitrogen and oxygen atoms in total. The van der Waals surface area contributed by atoms with Crippen LogP contribution in [0.2, 0.25) is 0 Å². The van der Waals surface area contributed by atoms with Crippen molar-refractivity contribution < 1.29 is 9.53 Å². The van der Waals surface area contributed by atoms with Crippen molar-refractivity contribution in [2.75, 3.05) is 24.7 Å². The number of thioether (sulfide) groups is 1. The molecule has 0 aromatic heterocycles. The number of carbonyl (C=O) groups is 1. The highest BCUT2D eigenvalue weighted by atomic mass is 32.2. The molecule has 0 spiro atoms. The van der Waals surface area contributed by atoms with Crippen molar-refractivity contribution in [1.29, 1.82) is 0 Å². The van der Waals surface area contributed by atoms with Crippen LogP contribution in [0.3, 0.4) is 0 Å². The highest BCUT2D eigenvalue weighted by Gasteiger charge is 2.51. The third kappa shape index (κ3) is 4.62. The molecule has 0 bridgehead atoms. The lowest BCUT2D eigenvalue weighted by Crippen LogP contribution is -2.57. The predicted octanol–water partition coefficient (Wildman–Crippen LogP) is 3.62. The molecule has 0 radical (unpaired) electrons. The summed E-state index contributed by atoms with van der Waals surface area (Å²) in [6.45, 7) is 5.44. The van der Waals surface area contributed by atoms with Crippen molar-refractivity contribution in [3.8, 4) is 0 Å². The van der Waals surface area contributed by atoms with Crippen LogP contribution in [0.5, 0.6) is 0 Å². The first-order chi connectivity index (χ1) is 10.2. The molecule has 2 saturated carbocycles. The Hall–Kier alpha value is -0.220. The van der Waals surface area contributed by atoms with E-state index in [4.69, 9.17) is 4.74 Å². The normalized spacial score (nSPS) is 22.2. The summed E-state index contributed by atoms with van der Waals surface area (Å²) in [6, 6.07) is 0. The molecule has 2 aliphatic rings. The van der Waals surface area contributed by atoms with Gasteiger partial charge in [0, 0.05) is 5.75 Å². The molecule has 0 amide bonds. The minimum atomic E-state index is -0.421. The summed E-state index contributed by atoms with van der Waals surface area (Å²) in [5.41, 5.74) is -0.421. The van der Waals surface area contributed by atoms with E-state index >= 15 is 0 Å². The van der Waals surface area contributed by atoms with Crippen molar-refractivity contribution in [3.05, 3.63) is 0 Å². The summed E-state index contributed by atoms with van der Waals surface area (Å²) in [4.78, 5) is 12.6. The van der Waals surface area contributed by atoms with Crippen molar-refractivity contribution in [2.45, 2.75) is 64.3 Å². The summed E-state index contributed by atoms with van der Waals surface area (Å²) in [5.74, 6) is 3.44. The highest BCUT2D eigenvalue weighted by Crippen LogP contribution is 2.43. The lowest BCUT2D eigenvalue weighted by atomic mass is 9.95. The second-order valence-corrected chi connectivity index (χ2v) is 7.59. The Balaban J connectivity index is 1.93. The number of ether oxygens (including phenoxy) is 1. The third-order valence-electron chi connectivity index (χ3n) is 4.76. The van der Waals surface area contributed by atoms with Gasteiger partial charge in [0.2, 0.25) is 0 Å². The van der Waals surface area contributed by atoms with E-state index in [1.807, 2.05) is 18.7 Å². The van der Waals surface area contributed by atoms with E-state index in [1.54, 1.807) is 0 Å². The zero-order valence-corrected chi connectivity index (χ0v) is 14.5. The fourth-order valence-corrected chi connectivity index (χ4v) is 4.92. The zero-order valence-electron chi connectivity index (χ0n) is 13.7. The van der Waals surface area contributed by atoms with Crippen LogP contribution in [-0.2, 0) is 9.53 Å². The second-order valence-electron chi connectivity index (χ2n) is 6.56. The fourth-order valence-electron chi connectivity index (χ4n) is 3.36. The summed E-state index contributed by atoms with van der Waals surface area (Å²) >= 11 is 1.97. The number of rotatable bonds is 10. The van der Waals surface area contributed by atoms with Gasteiger partial charge in [-0.25, -0.2) is 0 Å². The van der Waals surface area contributed by atoms with Crippen molar-refractivity contribution >= 4 is 17.7 Å². The van der Waals surface area contributed by atoms with Crippen LogP contribution in [-0.4, -0.2) is 36.2 Å². The van der Waals surface area contributed by atoms with Gasteiger partial charge in [-0.15, -0.1) is 0 Å². The number of nitrogens with one attached hydrogen (secondary N) is 1. The third-order valence-corrected chi connectivity index (χ3v) is 6.13. The van der Waals surface area contributed by atoms with Gasteiger partial charge in [0.15, 0.2) is 0 Å². The van der Waals surface area contributed by atoms with Gasteiger partial charge < -0.3 is 10.1 Å². The fraction of sp³-hybridized carbons (Fsp3) is 0.941. The molecule has 2 rings (SSSR count). The van der Waals surface area contributed by atoms with Gasteiger partial charge in [-0.3, -0.25) is 4.79 Å². The van der Waals surface area contributed by atoms with Crippen molar-refractivity contribution in [1.82, 2.24) is 5.32 Å². The molecule has 0 heterocycles. The van der Waals surface area contributed by atoms with Gasteiger partial charge in [0.1, 0.15) is 5.54 Å². The minimum Gasteiger partial charge on any atom is -0.465 e. The molecule has 0 saturated heterocycles. The predicted molar refractivity (Wildman–Crippen MR) is 89.7 cm³/mol. The van der Waals surface area contributed by atoms with E-state index in [0.717, 1.165) is 24.6 Å². The maximum absolute atomic E-state index is 12.6. The monoisotopic (exact) mass is 313 g/mol. The molecule has 21 heavy (non-hydrogen) atoms. The van der Waals surface area contributed by atoms with Crippen molar-refractivity contribution in [2.24, 2.45) is 11.8 Å². The van der Waals surface area contributed by atoms with Gasteiger partial charge in [0.05, 0.1) is 6.61 Å². The Kier molecular flexibility index (Phi) is 6.87. The summed E-state index contributed by atoms with van der Waals surface area (Å²) in [6.07, 6.45) is 8.94. The van der Waals surface area contributed by atoms with Crippen LogP contribution in [0.1, 0.15) is 58.8 Å². The molecule has 4 heteroatoms. The van der Waals surface area contributed by atoms with Crippen LogP contribution >= 0.6 is 11.8 Å². The van der Waals surface area contributed by atoms with Crippen LogP contribution in [0.25, 0.3) is 0 Å². The number of esters is 1. The highest BCUT2D eigenvalue weighted by molar-refractivity contribution is 7.99. The van der Waals surface area contributed by atoms with E-state index in [0.29, 0.717) is 12.5 Å². The Labute approximate surface area is 134 Å². The minimum absolute atomic E-state index is 0.0140. The first-order valence-electron chi connectivity index (χ1n) is 8.73. The topological polar surface area (TPSA) is 38.3 Å². The van der Waals surface area contributed by atoms with Gasteiger partial charge in [0.25, 0.3) is 0 Å². The number of hydrogen-bond acceptors (Lipinski definition) is 4. The van der Waals surface area contributed by atoms with Gasteiger partial charge in [-0.1, -0.05) is 19.8 Å². The Morgan fingerprint density at radius 1 is 1.24 bits per heavy atom. The van der Waals surface area contributed by atoms with E-state index in [9.17, 15) is 4.79 Å². The SMILES string of the molecule is CCCNC(CSCC1CCCC1)(C(=O)OCC)C1CC1. The molecule has 0 aliphatic heterocycles. The second kappa shape index (κ2) is 8.42. The number of carbonyl (C=O) groups excluding carboxylic acids is 1.